The maximum atomic E-state index is 12.3. The molecular weight excluding hydrogens is 322 g/mol. The van der Waals surface area contributed by atoms with Gasteiger partial charge in [0.05, 0.1) is 18.8 Å². The maximum Gasteiger partial charge on any atom is 0.252 e. The topological polar surface area (TPSA) is 47.6 Å². The van der Waals surface area contributed by atoms with Crippen LogP contribution in [0, 0.1) is 0 Å². The molecule has 2 fully saturated rings. The molecule has 1 aliphatic carbocycles. The average Bonchev–Trinajstić information content (AvgIpc) is 2.87. The second kappa shape index (κ2) is 5.84. The van der Waals surface area contributed by atoms with Gasteiger partial charge in [-0.3, -0.25) is 4.79 Å². The molecule has 2 aliphatic rings. The van der Waals surface area contributed by atoms with Gasteiger partial charge in [0.1, 0.15) is 0 Å². The molecule has 0 aromatic heterocycles. The van der Waals surface area contributed by atoms with E-state index in [1.54, 1.807) is 0 Å². The molecule has 1 atom stereocenters. The van der Waals surface area contributed by atoms with E-state index in [2.05, 4.69) is 21.2 Å². The van der Waals surface area contributed by atoms with Gasteiger partial charge >= 0.3 is 0 Å². The number of halogens is 1. The minimum atomic E-state index is -0.454. The number of amides is 1. The Morgan fingerprint density at radius 1 is 1.30 bits per heavy atom. The lowest BCUT2D eigenvalue weighted by Gasteiger charge is -2.36. The van der Waals surface area contributed by atoms with Crippen molar-refractivity contribution in [2.75, 3.05) is 13.2 Å². The van der Waals surface area contributed by atoms with E-state index in [0.29, 0.717) is 18.8 Å². The molecular formula is C15H18BrNO3. The summed E-state index contributed by atoms with van der Waals surface area (Å²) in [6, 6.07) is 7.57. The number of nitrogens with one attached hydrogen (secondary N) is 1. The molecule has 0 unspecified atom stereocenters. The molecule has 1 aromatic carbocycles. The van der Waals surface area contributed by atoms with Gasteiger partial charge in [0.25, 0.3) is 5.91 Å². The molecule has 1 spiro atoms. The zero-order valence-electron chi connectivity index (χ0n) is 11.2. The highest BCUT2D eigenvalue weighted by molar-refractivity contribution is 9.10. The molecule has 5 heteroatoms. The van der Waals surface area contributed by atoms with E-state index in [1.165, 1.54) is 0 Å². The van der Waals surface area contributed by atoms with Gasteiger partial charge in [-0.05, 0) is 40.9 Å². The maximum absolute atomic E-state index is 12.3. The van der Waals surface area contributed by atoms with Crippen LogP contribution in [0.25, 0.3) is 0 Å². The van der Waals surface area contributed by atoms with E-state index < -0.39 is 5.79 Å². The Labute approximate surface area is 127 Å². The van der Waals surface area contributed by atoms with Crippen LogP contribution in [0.1, 0.15) is 36.0 Å². The molecule has 20 heavy (non-hydrogen) atoms. The zero-order chi connectivity index (χ0) is 14.0. The van der Waals surface area contributed by atoms with Crippen LogP contribution >= 0.6 is 15.9 Å². The standard InChI is InChI=1S/C15H18BrNO3/c16-13-6-2-1-5-12(13)14(18)17-11-4-3-7-15(10-11)19-8-9-20-15/h1-2,5-6,11H,3-4,7-10H2,(H,17,18)/t11-/m0/s1. The van der Waals surface area contributed by atoms with E-state index >= 15 is 0 Å². The fourth-order valence-electron chi connectivity index (χ4n) is 2.99. The number of carbonyl (C=O) groups is 1. The lowest BCUT2D eigenvalue weighted by molar-refractivity contribution is -0.181. The Kier molecular flexibility index (Phi) is 4.10. The fourth-order valence-corrected chi connectivity index (χ4v) is 3.45. The van der Waals surface area contributed by atoms with Crippen molar-refractivity contribution >= 4 is 21.8 Å². The average molecular weight is 340 g/mol. The second-order valence-electron chi connectivity index (χ2n) is 5.35. The summed E-state index contributed by atoms with van der Waals surface area (Å²) in [6.45, 7) is 1.32. The molecule has 1 saturated heterocycles. The Balaban J connectivity index is 1.65. The number of ether oxygens (including phenoxy) is 2. The monoisotopic (exact) mass is 339 g/mol. The van der Waals surface area contributed by atoms with Crippen LogP contribution in [-0.2, 0) is 9.47 Å². The van der Waals surface area contributed by atoms with Crippen LogP contribution in [0.15, 0.2) is 28.7 Å². The molecule has 1 N–H and O–H groups in total. The Hall–Kier alpha value is -0.910. The first kappa shape index (κ1) is 14.0. The summed E-state index contributed by atoms with van der Waals surface area (Å²) in [5.74, 6) is -0.498. The Morgan fingerprint density at radius 3 is 2.80 bits per heavy atom. The van der Waals surface area contributed by atoms with Crippen LogP contribution < -0.4 is 5.32 Å². The van der Waals surface area contributed by atoms with Crippen LogP contribution in [0.3, 0.4) is 0 Å². The van der Waals surface area contributed by atoms with Gasteiger partial charge in [0.2, 0.25) is 0 Å². The quantitative estimate of drug-likeness (QED) is 0.901. The van der Waals surface area contributed by atoms with Crippen LogP contribution in [0.5, 0.6) is 0 Å². The smallest absolute Gasteiger partial charge is 0.252 e. The van der Waals surface area contributed by atoms with Crippen molar-refractivity contribution in [2.24, 2.45) is 0 Å². The predicted molar refractivity (Wildman–Crippen MR) is 78.5 cm³/mol. The summed E-state index contributed by atoms with van der Waals surface area (Å²) in [5, 5.41) is 3.10. The third-order valence-corrected chi connectivity index (χ3v) is 4.63. The normalized spacial score (nSPS) is 24.8. The first-order valence-corrected chi connectivity index (χ1v) is 7.81. The highest BCUT2D eigenvalue weighted by Gasteiger charge is 2.41. The SMILES string of the molecule is O=C(N[C@H]1CCCC2(C1)OCCO2)c1ccccc1Br. The van der Waals surface area contributed by atoms with Crippen molar-refractivity contribution in [3.8, 4) is 0 Å². The summed E-state index contributed by atoms with van der Waals surface area (Å²) in [6.07, 6.45) is 3.66. The highest BCUT2D eigenvalue weighted by atomic mass is 79.9. The minimum absolute atomic E-state index is 0.0440. The van der Waals surface area contributed by atoms with Crippen molar-refractivity contribution in [3.05, 3.63) is 34.3 Å². The summed E-state index contributed by atoms with van der Waals surface area (Å²) in [5.41, 5.74) is 0.667. The third kappa shape index (κ3) is 2.90. The number of hydrogen-bond donors (Lipinski definition) is 1. The van der Waals surface area contributed by atoms with Gasteiger partial charge in [-0.1, -0.05) is 12.1 Å². The van der Waals surface area contributed by atoms with E-state index in [9.17, 15) is 4.79 Å². The van der Waals surface area contributed by atoms with Crippen LogP contribution in [0.2, 0.25) is 0 Å². The van der Waals surface area contributed by atoms with Gasteiger partial charge in [0, 0.05) is 23.4 Å². The van der Waals surface area contributed by atoms with Crippen molar-refractivity contribution < 1.29 is 14.3 Å². The lowest BCUT2D eigenvalue weighted by Crippen LogP contribution is -2.46. The lowest BCUT2D eigenvalue weighted by atomic mass is 9.89. The first-order chi connectivity index (χ1) is 9.69. The first-order valence-electron chi connectivity index (χ1n) is 7.02. The van der Waals surface area contributed by atoms with E-state index in [1.807, 2.05) is 24.3 Å². The second-order valence-corrected chi connectivity index (χ2v) is 6.21. The van der Waals surface area contributed by atoms with Crippen LogP contribution in [0.4, 0.5) is 0 Å². The molecule has 1 aliphatic heterocycles. The molecule has 1 aromatic rings. The summed E-state index contributed by atoms with van der Waals surface area (Å²) in [4.78, 5) is 12.3. The van der Waals surface area contributed by atoms with Crippen molar-refractivity contribution in [3.63, 3.8) is 0 Å². The zero-order valence-corrected chi connectivity index (χ0v) is 12.8. The van der Waals surface area contributed by atoms with Crippen molar-refractivity contribution in [2.45, 2.75) is 37.5 Å². The van der Waals surface area contributed by atoms with Crippen molar-refractivity contribution in [1.29, 1.82) is 0 Å². The van der Waals surface area contributed by atoms with Crippen LogP contribution in [-0.4, -0.2) is 30.9 Å². The minimum Gasteiger partial charge on any atom is -0.349 e. The van der Waals surface area contributed by atoms with Gasteiger partial charge < -0.3 is 14.8 Å². The molecule has 108 valence electrons. The number of carbonyl (C=O) groups excluding carboxylic acids is 1. The largest absolute Gasteiger partial charge is 0.349 e. The van der Waals surface area contributed by atoms with E-state index in [0.717, 1.165) is 30.2 Å². The van der Waals surface area contributed by atoms with Gasteiger partial charge in [-0.15, -0.1) is 0 Å². The molecule has 3 rings (SSSR count). The summed E-state index contributed by atoms with van der Waals surface area (Å²) < 4.78 is 12.3. The van der Waals surface area contributed by atoms with E-state index in [-0.39, 0.29) is 11.9 Å². The van der Waals surface area contributed by atoms with Gasteiger partial charge in [-0.25, -0.2) is 0 Å². The number of rotatable bonds is 2. The molecule has 0 bridgehead atoms. The van der Waals surface area contributed by atoms with Gasteiger partial charge in [0.15, 0.2) is 5.79 Å². The summed E-state index contributed by atoms with van der Waals surface area (Å²) >= 11 is 3.41. The summed E-state index contributed by atoms with van der Waals surface area (Å²) in [7, 11) is 0. The predicted octanol–water partition coefficient (Wildman–Crippen LogP) is 2.86. The Morgan fingerprint density at radius 2 is 2.05 bits per heavy atom. The Bertz CT molecular complexity index is 500. The van der Waals surface area contributed by atoms with Crippen molar-refractivity contribution in [1.82, 2.24) is 5.32 Å². The number of hydrogen-bond acceptors (Lipinski definition) is 3. The fraction of sp³-hybridized carbons (Fsp3) is 0.533. The van der Waals surface area contributed by atoms with E-state index in [4.69, 9.17) is 9.47 Å². The van der Waals surface area contributed by atoms with Gasteiger partial charge in [-0.2, -0.15) is 0 Å². The molecule has 4 nitrogen and oxygen atoms in total. The molecule has 1 amide bonds. The molecule has 0 radical (unpaired) electrons. The molecule has 1 saturated carbocycles. The molecule has 1 heterocycles. The number of benzene rings is 1. The third-order valence-electron chi connectivity index (χ3n) is 3.93. The highest BCUT2D eigenvalue weighted by Crippen LogP contribution is 2.35.